The lowest BCUT2D eigenvalue weighted by molar-refractivity contribution is -0.0712. The zero-order valence-electron chi connectivity index (χ0n) is 14.8. The van der Waals surface area contributed by atoms with Crippen molar-refractivity contribution in [1.82, 2.24) is 9.88 Å². The smallest absolute Gasteiger partial charge is 0.410 e. The molecule has 0 atom stereocenters. The molecule has 1 aromatic rings. The second kappa shape index (κ2) is 7.18. The fourth-order valence-corrected chi connectivity index (χ4v) is 3.35. The summed E-state index contributed by atoms with van der Waals surface area (Å²) in [5.74, 6) is 0. The van der Waals surface area contributed by atoms with Gasteiger partial charge in [0, 0.05) is 24.4 Å². The van der Waals surface area contributed by atoms with Crippen LogP contribution in [0.2, 0.25) is 0 Å². The minimum absolute atomic E-state index is 0.156. The van der Waals surface area contributed by atoms with Gasteiger partial charge in [0.05, 0.1) is 23.4 Å². The molecule has 0 aromatic carbocycles. The van der Waals surface area contributed by atoms with Crippen molar-refractivity contribution in [2.45, 2.75) is 65.1 Å². The van der Waals surface area contributed by atoms with E-state index in [9.17, 15) is 4.79 Å². The summed E-state index contributed by atoms with van der Waals surface area (Å²) in [6, 6.07) is 0. The molecular formula is C17H28N2O3S. The molecular weight excluding hydrogens is 312 g/mol. The van der Waals surface area contributed by atoms with E-state index in [2.05, 4.69) is 11.9 Å². The first-order valence-electron chi connectivity index (χ1n) is 8.19. The lowest BCUT2D eigenvalue weighted by Crippen LogP contribution is -2.48. The number of amides is 1. The first kappa shape index (κ1) is 18.2. The van der Waals surface area contributed by atoms with Gasteiger partial charge in [-0.2, -0.15) is 0 Å². The second-order valence-electron chi connectivity index (χ2n) is 7.38. The normalized spacial score (nSPS) is 18.0. The number of carbonyl (C=O) groups excluding carboxylic acids is 1. The lowest BCUT2D eigenvalue weighted by Gasteiger charge is -2.39. The van der Waals surface area contributed by atoms with Crippen molar-refractivity contribution in [2.24, 2.45) is 0 Å². The zero-order valence-corrected chi connectivity index (χ0v) is 15.7. The van der Waals surface area contributed by atoms with E-state index in [0.717, 1.165) is 25.0 Å². The molecule has 1 aromatic heterocycles. The van der Waals surface area contributed by atoms with E-state index in [1.165, 1.54) is 4.88 Å². The lowest BCUT2D eigenvalue weighted by atomic mass is 9.93. The number of aryl methyl sites for hydroxylation is 1. The molecule has 1 saturated heterocycles. The van der Waals surface area contributed by atoms with Gasteiger partial charge in [-0.15, -0.1) is 11.3 Å². The van der Waals surface area contributed by atoms with Gasteiger partial charge in [-0.05, 0) is 47.5 Å². The van der Waals surface area contributed by atoms with Crippen LogP contribution in [0.1, 0.15) is 51.1 Å². The van der Waals surface area contributed by atoms with Crippen molar-refractivity contribution in [2.75, 3.05) is 19.7 Å². The largest absolute Gasteiger partial charge is 0.444 e. The predicted octanol–water partition coefficient (Wildman–Crippen LogP) is 3.80. The Morgan fingerprint density at radius 3 is 2.57 bits per heavy atom. The predicted molar refractivity (Wildman–Crippen MR) is 92.0 cm³/mol. The molecule has 0 spiro atoms. The maximum Gasteiger partial charge on any atom is 0.410 e. The van der Waals surface area contributed by atoms with Crippen molar-refractivity contribution in [1.29, 1.82) is 0 Å². The number of carbonyl (C=O) groups is 1. The van der Waals surface area contributed by atoms with Gasteiger partial charge >= 0.3 is 6.09 Å². The van der Waals surface area contributed by atoms with Gasteiger partial charge in [0.25, 0.3) is 0 Å². The molecule has 0 bridgehead atoms. The Bertz CT molecular complexity index is 528. The quantitative estimate of drug-likeness (QED) is 0.836. The summed E-state index contributed by atoms with van der Waals surface area (Å²) in [4.78, 5) is 19.4. The third kappa shape index (κ3) is 5.46. The van der Waals surface area contributed by atoms with Gasteiger partial charge in [0.2, 0.25) is 0 Å². The Labute approximate surface area is 143 Å². The van der Waals surface area contributed by atoms with E-state index in [0.29, 0.717) is 19.7 Å². The minimum Gasteiger partial charge on any atom is -0.444 e. The molecule has 5 nitrogen and oxygen atoms in total. The summed E-state index contributed by atoms with van der Waals surface area (Å²) in [6.07, 6.45) is 2.36. The Kier molecular flexibility index (Phi) is 5.68. The number of rotatable bonds is 4. The molecule has 1 fully saturated rings. The second-order valence-corrected chi connectivity index (χ2v) is 8.32. The van der Waals surface area contributed by atoms with E-state index in [-0.39, 0.29) is 11.7 Å². The Morgan fingerprint density at radius 1 is 1.39 bits per heavy atom. The minimum atomic E-state index is -0.444. The van der Waals surface area contributed by atoms with Crippen molar-refractivity contribution in [3.63, 3.8) is 0 Å². The maximum absolute atomic E-state index is 12.1. The van der Waals surface area contributed by atoms with Crippen LogP contribution in [-0.4, -0.2) is 46.9 Å². The van der Waals surface area contributed by atoms with Crippen molar-refractivity contribution in [3.8, 4) is 0 Å². The van der Waals surface area contributed by atoms with Crippen LogP contribution in [0.15, 0.2) is 5.51 Å². The molecule has 0 N–H and O–H groups in total. The number of thiazole rings is 1. The molecule has 2 heterocycles. The summed E-state index contributed by atoms with van der Waals surface area (Å²) in [6.45, 7) is 11.9. The average Bonchev–Trinajstić information content (AvgIpc) is 2.83. The number of piperidine rings is 1. The average molecular weight is 340 g/mol. The van der Waals surface area contributed by atoms with E-state index >= 15 is 0 Å². The Morgan fingerprint density at radius 2 is 2.04 bits per heavy atom. The van der Waals surface area contributed by atoms with Crippen molar-refractivity contribution >= 4 is 17.4 Å². The van der Waals surface area contributed by atoms with Crippen LogP contribution in [0.4, 0.5) is 4.79 Å². The summed E-state index contributed by atoms with van der Waals surface area (Å²) < 4.78 is 11.6. The number of ether oxygens (including phenoxy) is 2. The first-order chi connectivity index (χ1) is 10.7. The molecule has 1 aliphatic rings. The Hall–Kier alpha value is -1.14. The van der Waals surface area contributed by atoms with Gasteiger partial charge in [-0.3, -0.25) is 0 Å². The molecule has 0 unspecified atom stereocenters. The van der Waals surface area contributed by atoms with Crippen LogP contribution >= 0.6 is 11.3 Å². The number of aromatic nitrogens is 1. The molecule has 23 heavy (non-hydrogen) atoms. The Balaban J connectivity index is 1.76. The monoisotopic (exact) mass is 340 g/mol. The highest BCUT2D eigenvalue weighted by atomic mass is 32.1. The highest BCUT2D eigenvalue weighted by Gasteiger charge is 2.34. The highest BCUT2D eigenvalue weighted by molar-refractivity contribution is 7.09. The van der Waals surface area contributed by atoms with Crippen LogP contribution in [0.3, 0.4) is 0 Å². The number of nitrogens with zero attached hydrogens (tertiary/aromatic N) is 2. The highest BCUT2D eigenvalue weighted by Crippen LogP contribution is 2.27. The van der Waals surface area contributed by atoms with Crippen LogP contribution in [0.5, 0.6) is 0 Å². The van der Waals surface area contributed by atoms with E-state index < -0.39 is 5.60 Å². The maximum atomic E-state index is 12.1. The molecule has 0 radical (unpaired) electrons. The summed E-state index contributed by atoms with van der Waals surface area (Å²) in [5.41, 5.74) is 2.38. The molecule has 0 aliphatic carbocycles. The molecule has 1 amide bonds. The third-order valence-corrected chi connectivity index (χ3v) is 5.09. The SMILES string of the molecule is Cc1ncsc1CCOC1(C)CCN(C(=O)OC(C)(C)C)CC1. The number of likely N-dealkylation sites (tertiary alicyclic amines) is 1. The third-order valence-electron chi connectivity index (χ3n) is 4.10. The van der Waals surface area contributed by atoms with Gasteiger partial charge in [0.15, 0.2) is 0 Å². The molecule has 6 heteroatoms. The standard InChI is InChI=1S/C17H28N2O3S/c1-13-14(23-12-18-13)6-11-21-17(5)7-9-19(10-8-17)15(20)22-16(2,3)4/h12H,6-11H2,1-5H3. The summed E-state index contributed by atoms with van der Waals surface area (Å²) in [5, 5.41) is 0. The van der Waals surface area contributed by atoms with Gasteiger partial charge in [0.1, 0.15) is 5.60 Å². The van der Waals surface area contributed by atoms with Gasteiger partial charge < -0.3 is 14.4 Å². The molecule has 130 valence electrons. The van der Waals surface area contributed by atoms with Gasteiger partial charge in [-0.25, -0.2) is 9.78 Å². The van der Waals surface area contributed by atoms with Crippen molar-refractivity contribution in [3.05, 3.63) is 16.1 Å². The zero-order chi connectivity index (χ0) is 17.1. The number of hydrogen-bond acceptors (Lipinski definition) is 5. The van der Waals surface area contributed by atoms with E-state index in [1.807, 2.05) is 33.2 Å². The summed E-state index contributed by atoms with van der Waals surface area (Å²) >= 11 is 1.68. The molecule has 1 aliphatic heterocycles. The molecule has 2 rings (SSSR count). The first-order valence-corrected chi connectivity index (χ1v) is 9.07. The summed E-state index contributed by atoms with van der Waals surface area (Å²) in [7, 11) is 0. The fraction of sp³-hybridized carbons (Fsp3) is 0.765. The van der Waals surface area contributed by atoms with Gasteiger partial charge in [-0.1, -0.05) is 0 Å². The van der Waals surface area contributed by atoms with Crippen LogP contribution in [0.25, 0.3) is 0 Å². The topological polar surface area (TPSA) is 51.7 Å². The fourth-order valence-electron chi connectivity index (χ4n) is 2.59. The van der Waals surface area contributed by atoms with Crippen LogP contribution < -0.4 is 0 Å². The van der Waals surface area contributed by atoms with Crippen LogP contribution in [0, 0.1) is 6.92 Å². The van der Waals surface area contributed by atoms with Crippen LogP contribution in [-0.2, 0) is 15.9 Å². The number of hydrogen-bond donors (Lipinski definition) is 0. The van der Waals surface area contributed by atoms with E-state index in [4.69, 9.17) is 9.47 Å². The van der Waals surface area contributed by atoms with E-state index in [1.54, 1.807) is 16.2 Å². The molecule has 0 saturated carbocycles. The van der Waals surface area contributed by atoms with Crippen molar-refractivity contribution < 1.29 is 14.3 Å².